The number of phenolic OH excluding ortho intramolecular Hbond substituents is 1. The summed E-state index contributed by atoms with van der Waals surface area (Å²) in [6.45, 7) is 0. The fourth-order valence-electron chi connectivity index (χ4n) is 1.02. The zero-order valence-electron chi connectivity index (χ0n) is 8.78. The number of rotatable bonds is 3. The van der Waals surface area contributed by atoms with Crippen molar-refractivity contribution >= 4 is 33.8 Å². The van der Waals surface area contributed by atoms with Gasteiger partial charge in [0.2, 0.25) is 5.75 Å². The molecule has 0 aliphatic rings. The van der Waals surface area contributed by atoms with E-state index in [0.29, 0.717) is 4.47 Å². The number of hydrogen-bond acceptors (Lipinski definition) is 5. The van der Waals surface area contributed by atoms with Gasteiger partial charge in [-0.2, -0.15) is 0 Å². The van der Waals surface area contributed by atoms with E-state index in [2.05, 4.69) is 21.0 Å². The van der Waals surface area contributed by atoms with Gasteiger partial charge in [0.05, 0.1) is 11.1 Å². The van der Waals surface area contributed by atoms with Crippen molar-refractivity contribution in [3.8, 4) is 5.75 Å². The van der Waals surface area contributed by atoms with Gasteiger partial charge in [-0.25, -0.2) is 0 Å². The van der Waals surface area contributed by atoms with Crippen molar-refractivity contribution in [2.45, 2.75) is 0 Å². The Kier molecular flexibility index (Phi) is 4.05. The van der Waals surface area contributed by atoms with Crippen LogP contribution < -0.4 is 11.5 Å². The summed E-state index contributed by atoms with van der Waals surface area (Å²) >= 11 is 3.03. The number of hydrazone groups is 1. The van der Waals surface area contributed by atoms with E-state index in [1.165, 1.54) is 6.07 Å². The number of nitrogens with zero attached hydrogens (tertiary/aromatic N) is 3. The maximum absolute atomic E-state index is 10.9. The molecule has 0 fully saturated rings. The minimum atomic E-state index is -0.768. The van der Waals surface area contributed by atoms with Crippen LogP contribution in [0.2, 0.25) is 0 Å². The lowest BCUT2D eigenvalue weighted by atomic mass is 10.2. The smallest absolute Gasteiger partial charge is 0.366 e. The normalized spacial score (nSPS) is 10.5. The fourth-order valence-corrected chi connectivity index (χ4v) is 1.49. The third-order valence-electron chi connectivity index (χ3n) is 1.80. The quantitative estimate of drug-likeness (QED) is 0.180. The molecule has 1 aromatic carbocycles. The van der Waals surface area contributed by atoms with Crippen molar-refractivity contribution in [1.82, 2.24) is 0 Å². The number of phenols is 1. The molecule has 0 spiro atoms. The molecule has 96 valence electrons. The van der Waals surface area contributed by atoms with Crippen LogP contribution in [0.4, 0.5) is 5.69 Å². The zero-order chi connectivity index (χ0) is 13.9. The molecule has 18 heavy (non-hydrogen) atoms. The van der Waals surface area contributed by atoms with Crippen LogP contribution in [0.15, 0.2) is 21.7 Å². The second-order valence-electron chi connectivity index (χ2n) is 3.06. The molecule has 0 aliphatic heterocycles. The predicted molar refractivity (Wildman–Crippen MR) is 67.1 cm³/mol. The lowest BCUT2D eigenvalue weighted by Crippen LogP contribution is -2.30. The Morgan fingerprint density at radius 3 is 2.56 bits per heavy atom. The number of nitro groups is 1. The molecule has 0 unspecified atom stereocenters. The lowest BCUT2D eigenvalue weighted by molar-refractivity contribution is -0.463. The van der Waals surface area contributed by atoms with Crippen LogP contribution in [0, 0.1) is 15.3 Å². The minimum Gasteiger partial charge on any atom is -0.722 e. The summed E-state index contributed by atoms with van der Waals surface area (Å²) in [6.07, 6.45) is 0.903. The van der Waals surface area contributed by atoms with E-state index < -0.39 is 22.3 Å². The number of aromatic hydroxyl groups is 1. The Morgan fingerprint density at radius 1 is 1.44 bits per heavy atom. The van der Waals surface area contributed by atoms with Gasteiger partial charge in [-0.1, -0.05) is 15.9 Å². The lowest BCUT2D eigenvalue weighted by Gasteiger charge is -2.04. The molecule has 0 amide bonds. The summed E-state index contributed by atoms with van der Waals surface area (Å²) in [6, 6.07) is 2.46. The molecule has 9 nitrogen and oxygen atoms in total. The van der Waals surface area contributed by atoms with Gasteiger partial charge in [-0.05, 0) is 6.07 Å². The number of nitrogens with two attached hydrogens (primary N) is 2. The van der Waals surface area contributed by atoms with E-state index in [1.54, 1.807) is 0 Å². The van der Waals surface area contributed by atoms with Crippen molar-refractivity contribution in [3.05, 3.63) is 37.5 Å². The highest BCUT2D eigenvalue weighted by atomic mass is 79.9. The fraction of sp³-hybridized carbons (Fsp3) is 0. The standard InChI is InChI=1S/C8H8BrN5O4/c9-5-1-4(3-12-13(16)8(10)11)7(15)6(2-5)14(17)18/h1-3,15H,10-11H2. The van der Waals surface area contributed by atoms with Crippen LogP contribution >= 0.6 is 15.9 Å². The first kappa shape index (κ1) is 13.7. The van der Waals surface area contributed by atoms with Crippen LogP contribution in [0.5, 0.6) is 5.75 Å². The molecule has 0 atom stereocenters. The van der Waals surface area contributed by atoms with E-state index in [9.17, 15) is 20.4 Å². The van der Waals surface area contributed by atoms with E-state index in [-0.39, 0.29) is 10.4 Å². The second-order valence-corrected chi connectivity index (χ2v) is 3.98. The monoisotopic (exact) mass is 317 g/mol. The van der Waals surface area contributed by atoms with Gasteiger partial charge in [0.25, 0.3) is 0 Å². The van der Waals surface area contributed by atoms with Crippen LogP contribution in [0.25, 0.3) is 0 Å². The van der Waals surface area contributed by atoms with E-state index in [4.69, 9.17) is 11.5 Å². The Bertz CT molecular complexity index is 553. The molecule has 5 N–H and O–H groups in total. The summed E-state index contributed by atoms with van der Waals surface area (Å²) in [5.41, 5.74) is 9.37. The van der Waals surface area contributed by atoms with E-state index >= 15 is 0 Å². The van der Waals surface area contributed by atoms with Crippen LogP contribution in [-0.2, 0) is 0 Å². The molecule has 0 aromatic heterocycles. The summed E-state index contributed by atoms with van der Waals surface area (Å²) in [5, 5.41) is 34.4. The number of nitro benzene ring substituents is 1. The molecular formula is C8H8BrN5O4. The highest BCUT2D eigenvalue weighted by Gasteiger charge is 2.17. The summed E-state index contributed by atoms with van der Waals surface area (Å²) in [5.74, 6) is -1.22. The van der Waals surface area contributed by atoms with Crippen molar-refractivity contribution in [1.29, 1.82) is 0 Å². The number of halogens is 1. The number of guanidine groups is 1. The summed E-state index contributed by atoms with van der Waals surface area (Å²) in [7, 11) is 0. The second kappa shape index (κ2) is 5.31. The first-order valence-corrected chi connectivity index (χ1v) is 5.18. The maximum atomic E-state index is 10.9. The van der Waals surface area contributed by atoms with Crippen LogP contribution in [-0.4, -0.2) is 27.1 Å². The molecule has 0 bridgehead atoms. The van der Waals surface area contributed by atoms with Gasteiger partial charge < -0.3 is 10.3 Å². The highest BCUT2D eigenvalue weighted by Crippen LogP contribution is 2.32. The number of benzene rings is 1. The molecule has 0 aliphatic carbocycles. The van der Waals surface area contributed by atoms with Gasteiger partial charge >= 0.3 is 11.6 Å². The molecule has 0 heterocycles. The SMILES string of the molecule is NC(N)=[N+]([O-])N=Cc1cc(Br)cc([N+](=O)[O-])c1O. The van der Waals surface area contributed by atoms with Gasteiger partial charge in [0, 0.05) is 16.1 Å². The average Bonchev–Trinajstić information content (AvgIpc) is 2.28. The predicted octanol–water partition coefficient (Wildman–Crippen LogP) is 0.181. The third-order valence-corrected chi connectivity index (χ3v) is 2.26. The Hall–Kier alpha value is -2.36. The van der Waals surface area contributed by atoms with Gasteiger partial charge in [0.1, 0.15) is 0 Å². The zero-order valence-corrected chi connectivity index (χ0v) is 10.4. The molecule has 0 saturated heterocycles. The average molecular weight is 318 g/mol. The molecule has 1 rings (SSSR count). The van der Waals surface area contributed by atoms with E-state index in [1.807, 2.05) is 0 Å². The van der Waals surface area contributed by atoms with Crippen molar-refractivity contribution in [3.63, 3.8) is 0 Å². The first-order valence-electron chi connectivity index (χ1n) is 4.39. The first-order chi connectivity index (χ1) is 8.32. The maximum Gasteiger partial charge on any atom is 0.366 e. The molecule has 0 saturated carbocycles. The minimum absolute atomic E-state index is 0.0295. The van der Waals surface area contributed by atoms with E-state index in [0.717, 1.165) is 12.3 Å². The topological polar surface area (TPSA) is 154 Å². The van der Waals surface area contributed by atoms with Gasteiger partial charge in [-0.3, -0.25) is 21.6 Å². The molecule has 0 radical (unpaired) electrons. The van der Waals surface area contributed by atoms with Crippen LogP contribution in [0.3, 0.4) is 0 Å². The summed E-state index contributed by atoms with van der Waals surface area (Å²) < 4.78 is 0.343. The van der Waals surface area contributed by atoms with Crippen molar-refractivity contribution < 1.29 is 14.9 Å². The van der Waals surface area contributed by atoms with Gasteiger partial charge in [0.15, 0.2) is 0 Å². The molecule has 1 aromatic rings. The highest BCUT2D eigenvalue weighted by molar-refractivity contribution is 9.10. The Labute approximate surface area is 109 Å². The van der Waals surface area contributed by atoms with Crippen molar-refractivity contribution in [2.24, 2.45) is 16.6 Å². The number of hydrogen-bond donors (Lipinski definition) is 3. The van der Waals surface area contributed by atoms with Crippen molar-refractivity contribution in [2.75, 3.05) is 0 Å². The van der Waals surface area contributed by atoms with Crippen LogP contribution in [0.1, 0.15) is 5.56 Å². The van der Waals surface area contributed by atoms with Gasteiger partial charge in [-0.15, -0.1) is 9.95 Å². The Balaban J connectivity index is 3.26. The largest absolute Gasteiger partial charge is 0.722 e. The summed E-state index contributed by atoms with van der Waals surface area (Å²) in [4.78, 5) is 9.78. The molecular weight excluding hydrogens is 310 g/mol. The molecule has 10 heteroatoms. The Morgan fingerprint density at radius 2 is 2.06 bits per heavy atom. The third kappa shape index (κ3) is 3.07.